The highest BCUT2D eigenvalue weighted by Gasteiger charge is 2.18. The number of esters is 1. The van der Waals surface area contributed by atoms with Gasteiger partial charge < -0.3 is 10.5 Å². The van der Waals surface area contributed by atoms with Crippen LogP contribution in [0.4, 0.5) is 11.4 Å². The number of benzene rings is 1. The number of carbonyl (C=O) groups is 1. The van der Waals surface area contributed by atoms with Crippen LogP contribution in [-0.4, -0.2) is 27.2 Å². The predicted octanol–water partition coefficient (Wildman–Crippen LogP) is 0.837. The molecule has 0 saturated carbocycles. The number of ether oxygens (including phenoxy) is 1. The van der Waals surface area contributed by atoms with Crippen molar-refractivity contribution in [3.05, 3.63) is 23.2 Å². The summed E-state index contributed by atoms with van der Waals surface area (Å²) in [5, 5.41) is 0.188. The first-order chi connectivity index (χ1) is 7.84. The molecule has 0 aliphatic heterocycles. The van der Waals surface area contributed by atoms with E-state index in [1.807, 2.05) is 0 Å². The highest BCUT2D eigenvalue weighted by atomic mass is 35.5. The summed E-state index contributed by atoms with van der Waals surface area (Å²) < 4.78 is 29.5. The molecule has 1 aromatic rings. The molecule has 0 atom stereocenters. The Bertz CT molecular complexity index is 530. The van der Waals surface area contributed by atoms with Crippen molar-refractivity contribution in [3.63, 3.8) is 0 Å². The van der Waals surface area contributed by atoms with E-state index in [2.05, 4.69) is 9.46 Å². The van der Waals surface area contributed by atoms with Crippen molar-refractivity contribution in [2.45, 2.75) is 0 Å². The minimum Gasteiger partial charge on any atom is -0.468 e. The summed E-state index contributed by atoms with van der Waals surface area (Å²) in [6.45, 7) is 0. The maximum atomic E-state index is 11.5. The number of anilines is 2. The summed E-state index contributed by atoms with van der Waals surface area (Å²) in [5.74, 6) is -1.65. The molecule has 0 saturated heterocycles. The first kappa shape index (κ1) is 13.6. The van der Waals surface area contributed by atoms with E-state index < -0.39 is 21.7 Å². The summed E-state index contributed by atoms with van der Waals surface area (Å²) in [6.07, 6.45) is 0. The van der Waals surface area contributed by atoms with E-state index in [1.54, 1.807) is 0 Å². The molecule has 1 aromatic carbocycles. The van der Waals surface area contributed by atoms with Gasteiger partial charge in [-0.15, -0.1) is 0 Å². The second-order valence-electron chi connectivity index (χ2n) is 3.18. The maximum absolute atomic E-state index is 11.5. The molecule has 8 heteroatoms. The van der Waals surface area contributed by atoms with Crippen molar-refractivity contribution >= 4 is 39.0 Å². The Balaban J connectivity index is 2.90. The van der Waals surface area contributed by atoms with Crippen LogP contribution >= 0.6 is 11.6 Å². The van der Waals surface area contributed by atoms with Crippen molar-refractivity contribution in [2.24, 2.45) is 0 Å². The Hall–Kier alpha value is -1.47. The van der Waals surface area contributed by atoms with Gasteiger partial charge in [-0.05, 0) is 18.2 Å². The number of halogens is 1. The largest absolute Gasteiger partial charge is 0.468 e. The SMILES string of the molecule is COC(=O)CS(=O)(=O)Nc1cc(N)ccc1Cl. The van der Waals surface area contributed by atoms with Gasteiger partial charge in [-0.1, -0.05) is 11.6 Å². The average molecular weight is 279 g/mol. The molecule has 0 bridgehead atoms. The van der Waals surface area contributed by atoms with Crippen molar-refractivity contribution in [1.82, 2.24) is 0 Å². The van der Waals surface area contributed by atoms with Crippen LogP contribution in [0.25, 0.3) is 0 Å². The van der Waals surface area contributed by atoms with Crippen molar-refractivity contribution in [1.29, 1.82) is 0 Å². The lowest BCUT2D eigenvalue weighted by molar-refractivity contribution is -0.137. The molecule has 0 fully saturated rings. The van der Waals surface area contributed by atoms with Gasteiger partial charge in [0.15, 0.2) is 5.75 Å². The number of hydrogen-bond acceptors (Lipinski definition) is 5. The number of nitrogen functional groups attached to an aromatic ring is 1. The van der Waals surface area contributed by atoms with E-state index in [0.29, 0.717) is 5.69 Å². The third kappa shape index (κ3) is 4.12. The fraction of sp³-hybridized carbons (Fsp3) is 0.222. The van der Waals surface area contributed by atoms with Gasteiger partial charge in [0, 0.05) is 5.69 Å². The minimum atomic E-state index is -3.85. The maximum Gasteiger partial charge on any atom is 0.322 e. The van der Waals surface area contributed by atoms with E-state index in [-0.39, 0.29) is 10.7 Å². The molecule has 0 aliphatic rings. The summed E-state index contributed by atoms with van der Waals surface area (Å²) in [6, 6.07) is 4.34. The molecule has 0 aliphatic carbocycles. The Morgan fingerprint density at radius 3 is 2.76 bits per heavy atom. The summed E-state index contributed by atoms with van der Waals surface area (Å²) in [4.78, 5) is 10.9. The highest BCUT2D eigenvalue weighted by molar-refractivity contribution is 7.93. The molecule has 17 heavy (non-hydrogen) atoms. The van der Waals surface area contributed by atoms with Crippen LogP contribution < -0.4 is 10.5 Å². The quantitative estimate of drug-likeness (QED) is 0.628. The second-order valence-corrected chi connectivity index (χ2v) is 5.31. The molecule has 94 valence electrons. The Morgan fingerprint density at radius 2 is 2.18 bits per heavy atom. The second kappa shape index (κ2) is 5.24. The van der Waals surface area contributed by atoms with E-state index in [1.165, 1.54) is 18.2 Å². The van der Waals surface area contributed by atoms with Crippen LogP contribution in [-0.2, 0) is 19.6 Å². The first-order valence-corrected chi connectivity index (χ1v) is 6.49. The van der Waals surface area contributed by atoms with Gasteiger partial charge in [-0.3, -0.25) is 9.52 Å². The molecule has 0 heterocycles. The van der Waals surface area contributed by atoms with Crippen molar-refractivity contribution in [2.75, 3.05) is 23.3 Å². The summed E-state index contributed by atoms with van der Waals surface area (Å²) in [7, 11) is -2.75. The molecule has 1 rings (SSSR count). The highest BCUT2D eigenvalue weighted by Crippen LogP contribution is 2.25. The third-order valence-electron chi connectivity index (χ3n) is 1.79. The molecule has 0 spiro atoms. The summed E-state index contributed by atoms with van der Waals surface area (Å²) in [5.41, 5.74) is 5.96. The summed E-state index contributed by atoms with van der Waals surface area (Å²) >= 11 is 5.77. The zero-order valence-corrected chi connectivity index (χ0v) is 10.5. The van der Waals surface area contributed by atoms with E-state index in [4.69, 9.17) is 17.3 Å². The van der Waals surface area contributed by atoms with Gasteiger partial charge in [0.25, 0.3) is 0 Å². The van der Waals surface area contributed by atoms with E-state index in [0.717, 1.165) is 7.11 Å². The Kier molecular flexibility index (Phi) is 4.19. The van der Waals surface area contributed by atoms with Crippen LogP contribution in [0.3, 0.4) is 0 Å². The van der Waals surface area contributed by atoms with Gasteiger partial charge in [0.1, 0.15) is 0 Å². The number of nitrogens with one attached hydrogen (secondary N) is 1. The van der Waals surface area contributed by atoms with Crippen molar-refractivity contribution in [3.8, 4) is 0 Å². The average Bonchev–Trinajstić information content (AvgIpc) is 2.22. The Morgan fingerprint density at radius 1 is 1.53 bits per heavy atom. The fourth-order valence-corrected chi connectivity index (χ4v) is 2.26. The number of carbonyl (C=O) groups excluding carboxylic acids is 1. The smallest absolute Gasteiger partial charge is 0.322 e. The zero-order valence-electron chi connectivity index (χ0n) is 8.94. The topological polar surface area (TPSA) is 98.5 Å². The van der Waals surface area contributed by atoms with Gasteiger partial charge in [-0.2, -0.15) is 0 Å². The fourth-order valence-electron chi connectivity index (χ4n) is 1.04. The molecular formula is C9H11ClN2O4S. The number of nitrogens with two attached hydrogens (primary N) is 1. The van der Waals surface area contributed by atoms with Crippen LogP contribution in [0.15, 0.2) is 18.2 Å². The lowest BCUT2D eigenvalue weighted by atomic mass is 10.3. The van der Waals surface area contributed by atoms with Gasteiger partial charge in [0.2, 0.25) is 10.0 Å². The van der Waals surface area contributed by atoms with Gasteiger partial charge in [0.05, 0.1) is 17.8 Å². The lowest BCUT2D eigenvalue weighted by Gasteiger charge is -2.09. The molecule has 0 unspecified atom stereocenters. The van der Waals surface area contributed by atoms with Crippen molar-refractivity contribution < 1.29 is 17.9 Å². The molecule has 0 aromatic heterocycles. The van der Waals surface area contributed by atoms with E-state index in [9.17, 15) is 13.2 Å². The Labute approximate surface area is 104 Å². The van der Waals surface area contributed by atoms with Gasteiger partial charge in [-0.25, -0.2) is 8.42 Å². The molecular weight excluding hydrogens is 268 g/mol. The normalized spacial score (nSPS) is 10.9. The number of methoxy groups -OCH3 is 1. The zero-order chi connectivity index (χ0) is 13.1. The molecule has 0 amide bonds. The number of rotatable bonds is 4. The molecule has 0 radical (unpaired) electrons. The third-order valence-corrected chi connectivity index (χ3v) is 3.27. The monoisotopic (exact) mass is 278 g/mol. The number of sulfonamides is 1. The molecule has 3 N–H and O–H groups in total. The van der Waals surface area contributed by atoms with Gasteiger partial charge >= 0.3 is 5.97 Å². The first-order valence-electron chi connectivity index (χ1n) is 4.46. The standard InChI is InChI=1S/C9H11ClN2O4S/c1-16-9(13)5-17(14,15)12-8-4-6(11)2-3-7(8)10/h2-4,12H,5,11H2,1H3. The lowest BCUT2D eigenvalue weighted by Crippen LogP contribution is -2.23. The molecule has 6 nitrogen and oxygen atoms in total. The van der Waals surface area contributed by atoms with Crippen LogP contribution in [0.1, 0.15) is 0 Å². The number of hydrogen-bond donors (Lipinski definition) is 2. The van der Waals surface area contributed by atoms with Crippen LogP contribution in [0, 0.1) is 0 Å². The minimum absolute atomic E-state index is 0.121. The van der Waals surface area contributed by atoms with Crippen LogP contribution in [0.5, 0.6) is 0 Å². The van der Waals surface area contributed by atoms with E-state index >= 15 is 0 Å². The predicted molar refractivity (Wildman–Crippen MR) is 65.3 cm³/mol. The van der Waals surface area contributed by atoms with Crippen LogP contribution in [0.2, 0.25) is 5.02 Å².